The third-order valence-electron chi connectivity index (χ3n) is 2.24. The van der Waals surface area contributed by atoms with Gasteiger partial charge in [0.2, 0.25) is 0 Å². The van der Waals surface area contributed by atoms with Crippen molar-refractivity contribution in [3.63, 3.8) is 0 Å². The van der Waals surface area contributed by atoms with Crippen molar-refractivity contribution in [1.29, 1.82) is 0 Å². The second kappa shape index (κ2) is 2.51. The highest BCUT2D eigenvalue weighted by Crippen LogP contribution is 2.49. The van der Waals surface area contributed by atoms with E-state index in [1.807, 2.05) is 13.8 Å². The van der Waals surface area contributed by atoms with Gasteiger partial charge in [0.05, 0.1) is 5.60 Å². The summed E-state index contributed by atoms with van der Waals surface area (Å²) in [5.74, 6) is -0.834. The highest BCUT2D eigenvalue weighted by Gasteiger charge is 2.50. The summed E-state index contributed by atoms with van der Waals surface area (Å²) in [5, 5.41) is 0. The molecule has 0 amide bonds. The lowest BCUT2D eigenvalue weighted by Crippen LogP contribution is -1.99. The molecule has 1 aliphatic heterocycles. The van der Waals surface area contributed by atoms with Crippen LogP contribution in [-0.4, -0.2) is 5.60 Å². The van der Waals surface area contributed by atoms with Crippen molar-refractivity contribution in [2.45, 2.75) is 25.6 Å². The lowest BCUT2D eigenvalue weighted by atomic mass is 10.0. The Balaban J connectivity index is 2.36. The lowest BCUT2D eigenvalue weighted by molar-refractivity contribution is 0.323. The van der Waals surface area contributed by atoms with Gasteiger partial charge in [-0.25, -0.2) is 8.78 Å². The summed E-state index contributed by atoms with van der Waals surface area (Å²) >= 11 is 0. The molecule has 0 spiro atoms. The summed E-state index contributed by atoms with van der Waals surface area (Å²) in [6.07, 6.45) is -0.303. The van der Waals surface area contributed by atoms with E-state index < -0.39 is 11.6 Å². The van der Waals surface area contributed by atoms with Gasteiger partial charge < -0.3 is 4.74 Å². The molecule has 0 aromatic heterocycles. The molecule has 3 heteroatoms. The molecule has 1 atom stereocenters. The van der Waals surface area contributed by atoms with Crippen LogP contribution in [0.2, 0.25) is 0 Å². The highest BCUT2D eigenvalue weighted by molar-refractivity contribution is 5.27. The molecule has 0 bridgehead atoms. The van der Waals surface area contributed by atoms with E-state index in [-0.39, 0.29) is 11.7 Å². The Morgan fingerprint density at radius 2 is 1.92 bits per heavy atom. The van der Waals surface area contributed by atoms with Crippen LogP contribution in [0.15, 0.2) is 18.2 Å². The normalized spacial score (nSPS) is 24.5. The van der Waals surface area contributed by atoms with Gasteiger partial charge in [0.1, 0.15) is 17.7 Å². The van der Waals surface area contributed by atoms with E-state index in [1.54, 1.807) is 0 Å². The highest BCUT2D eigenvalue weighted by atomic mass is 19.1. The third kappa shape index (κ3) is 1.44. The smallest absolute Gasteiger partial charge is 0.129 e. The first-order valence-corrected chi connectivity index (χ1v) is 4.13. The first kappa shape index (κ1) is 8.63. The number of epoxide rings is 1. The van der Waals surface area contributed by atoms with Crippen LogP contribution in [0, 0.1) is 11.6 Å². The number of benzene rings is 1. The van der Waals surface area contributed by atoms with E-state index in [4.69, 9.17) is 4.74 Å². The maximum absolute atomic E-state index is 13.2. The predicted molar refractivity (Wildman–Crippen MR) is 44.3 cm³/mol. The minimum Gasteiger partial charge on any atom is -0.361 e. The van der Waals surface area contributed by atoms with E-state index in [0.29, 0.717) is 5.56 Å². The largest absolute Gasteiger partial charge is 0.361 e. The SMILES string of the molecule is CC1(C)OC1c1cc(F)ccc1F. The van der Waals surface area contributed by atoms with Gasteiger partial charge in [0.25, 0.3) is 0 Å². The van der Waals surface area contributed by atoms with Crippen LogP contribution in [0.25, 0.3) is 0 Å². The van der Waals surface area contributed by atoms with Gasteiger partial charge >= 0.3 is 0 Å². The van der Waals surface area contributed by atoms with Gasteiger partial charge in [-0.05, 0) is 32.0 Å². The van der Waals surface area contributed by atoms with Crippen molar-refractivity contribution in [2.24, 2.45) is 0 Å². The molecule has 1 saturated heterocycles. The van der Waals surface area contributed by atoms with E-state index in [0.717, 1.165) is 12.1 Å². The Hall–Kier alpha value is -0.960. The second-order valence-electron chi connectivity index (χ2n) is 3.77. The minimum atomic E-state index is -0.428. The Bertz CT molecular complexity index is 347. The van der Waals surface area contributed by atoms with Gasteiger partial charge in [-0.3, -0.25) is 0 Å². The van der Waals surface area contributed by atoms with Crippen LogP contribution in [0.4, 0.5) is 8.78 Å². The van der Waals surface area contributed by atoms with Gasteiger partial charge in [-0.15, -0.1) is 0 Å². The predicted octanol–water partition coefficient (Wildman–Crippen LogP) is 2.81. The maximum Gasteiger partial charge on any atom is 0.129 e. The van der Waals surface area contributed by atoms with Crippen molar-refractivity contribution in [3.05, 3.63) is 35.4 Å². The van der Waals surface area contributed by atoms with Crippen LogP contribution in [-0.2, 0) is 4.74 Å². The van der Waals surface area contributed by atoms with Gasteiger partial charge in [-0.1, -0.05) is 0 Å². The lowest BCUT2D eigenvalue weighted by Gasteiger charge is -2.00. The Morgan fingerprint density at radius 3 is 2.46 bits per heavy atom. The standard InChI is InChI=1S/C10H10F2O/c1-10(2)9(13-10)7-5-6(11)3-4-8(7)12/h3-5,9H,1-2H3. The first-order chi connectivity index (χ1) is 6.00. The number of ether oxygens (including phenoxy) is 1. The third-order valence-corrected chi connectivity index (χ3v) is 2.24. The summed E-state index contributed by atoms with van der Waals surface area (Å²) in [7, 11) is 0. The van der Waals surface area contributed by atoms with Crippen LogP contribution in [0.3, 0.4) is 0 Å². The molecule has 0 saturated carbocycles. The Kier molecular flexibility index (Phi) is 1.67. The molecule has 0 radical (unpaired) electrons. The van der Waals surface area contributed by atoms with E-state index >= 15 is 0 Å². The van der Waals surface area contributed by atoms with Gasteiger partial charge in [0, 0.05) is 5.56 Å². The number of halogens is 2. The first-order valence-electron chi connectivity index (χ1n) is 4.13. The average molecular weight is 184 g/mol. The van der Waals surface area contributed by atoms with Crippen molar-refractivity contribution >= 4 is 0 Å². The molecule has 1 aliphatic rings. The molecule has 1 heterocycles. The van der Waals surface area contributed by atoms with E-state index in [9.17, 15) is 8.78 Å². The molecule has 1 unspecified atom stereocenters. The fourth-order valence-corrected chi connectivity index (χ4v) is 1.42. The molecule has 0 aliphatic carbocycles. The molecule has 1 nitrogen and oxygen atoms in total. The summed E-state index contributed by atoms with van der Waals surface area (Å²) in [5.41, 5.74) is -0.0424. The van der Waals surface area contributed by atoms with Crippen molar-refractivity contribution < 1.29 is 13.5 Å². The quantitative estimate of drug-likeness (QED) is 0.611. The summed E-state index contributed by atoms with van der Waals surface area (Å²) in [6.45, 7) is 3.70. The summed E-state index contributed by atoms with van der Waals surface area (Å²) in [6, 6.07) is 3.42. The van der Waals surface area contributed by atoms with Gasteiger partial charge in [-0.2, -0.15) is 0 Å². The number of rotatable bonds is 1. The molecule has 1 fully saturated rings. The van der Waals surface area contributed by atoms with Crippen LogP contribution in [0.5, 0.6) is 0 Å². The minimum absolute atomic E-state index is 0.303. The van der Waals surface area contributed by atoms with E-state index in [2.05, 4.69) is 0 Å². The van der Waals surface area contributed by atoms with Crippen LogP contribution < -0.4 is 0 Å². The molecule has 0 N–H and O–H groups in total. The molecular formula is C10H10F2O. The fraction of sp³-hybridized carbons (Fsp3) is 0.400. The summed E-state index contributed by atoms with van der Waals surface area (Å²) < 4.78 is 31.1. The zero-order chi connectivity index (χ0) is 9.64. The monoisotopic (exact) mass is 184 g/mol. The van der Waals surface area contributed by atoms with Crippen molar-refractivity contribution in [2.75, 3.05) is 0 Å². The summed E-state index contributed by atoms with van der Waals surface area (Å²) in [4.78, 5) is 0. The molecule has 1 aromatic rings. The van der Waals surface area contributed by atoms with Crippen molar-refractivity contribution in [3.8, 4) is 0 Å². The molecule has 1 aromatic carbocycles. The molecule has 13 heavy (non-hydrogen) atoms. The van der Waals surface area contributed by atoms with Gasteiger partial charge in [0.15, 0.2) is 0 Å². The average Bonchev–Trinajstić information content (AvgIpc) is 2.65. The second-order valence-corrected chi connectivity index (χ2v) is 3.77. The molecule has 2 rings (SSSR count). The topological polar surface area (TPSA) is 12.5 Å². The zero-order valence-corrected chi connectivity index (χ0v) is 7.47. The van der Waals surface area contributed by atoms with Crippen LogP contribution >= 0.6 is 0 Å². The maximum atomic E-state index is 13.2. The Morgan fingerprint density at radius 1 is 1.31 bits per heavy atom. The van der Waals surface area contributed by atoms with E-state index in [1.165, 1.54) is 6.07 Å². The van der Waals surface area contributed by atoms with Crippen molar-refractivity contribution in [1.82, 2.24) is 0 Å². The Labute approximate surface area is 75.3 Å². The number of hydrogen-bond donors (Lipinski definition) is 0. The molecular weight excluding hydrogens is 174 g/mol. The van der Waals surface area contributed by atoms with Crippen LogP contribution in [0.1, 0.15) is 25.5 Å². The molecule has 70 valence electrons. The fourth-order valence-electron chi connectivity index (χ4n) is 1.42. The number of hydrogen-bond acceptors (Lipinski definition) is 1. The zero-order valence-electron chi connectivity index (χ0n) is 7.47.